The van der Waals surface area contributed by atoms with Crippen molar-refractivity contribution in [3.05, 3.63) is 59.9 Å². The zero-order valence-corrected chi connectivity index (χ0v) is 19.6. The minimum absolute atomic E-state index is 0.124. The molecule has 8 heteroatoms. The van der Waals surface area contributed by atoms with Crippen molar-refractivity contribution in [2.45, 2.75) is 64.4 Å². The third-order valence-corrected chi connectivity index (χ3v) is 7.06. The van der Waals surface area contributed by atoms with E-state index in [0.717, 1.165) is 40.7 Å². The van der Waals surface area contributed by atoms with Gasteiger partial charge < -0.3 is 19.0 Å². The van der Waals surface area contributed by atoms with E-state index in [-0.39, 0.29) is 18.7 Å². The second-order valence-electron chi connectivity index (χ2n) is 9.88. The van der Waals surface area contributed by atoms with E-state index >= 15 is 0 Å². The van der Waals surface area contributed by atoms with E-state index in [1.807, 2.05) is 76.2 Å². The Morgan fingerprint density at radius 2 is 1.88 bits per heavy atom. The van der Waals surface area contributed by atoms with Gasteiger partial charge in [0.15, 0.2) is 0 Å². The number of amides is 1. The molecule has 172 valence electrons. The van der Waals surface area contributed by atoms with Gasteiger partial charge in [0.05, 0.1) is 28.3 Å². The Bertz CT molecular complexity index is 1140. The van der Waals surface area contributed by atoms with Crippen LogP contribution in [0.25, 0.3) is 11.0 Å². The smallest absolute Gasteiger partial charge is 0.445 e. The molecule has 1 unspecified atom stereocenters. The van der Waals surface area contributed by atoms with Crippen molar-refractivity contribution in [1.82, 2.24) is 14.9 Å². The van der Waals surface area contributed by atoms with Crippen molar-refractivity contribution in [2.75, 3.05) is 6.54 Å². The summed E-state index contributed by atoms with van der Waals surface area (Å²) < 4.78 is 18.0. The highest BCUT2D eigenvalue weighted by Gasteiger charge is 2.51. The lowest BCUT2D eigenvalue weighted by atomic mass is 9.79. The molecular weight excluding hydrogens is 417 g/mol. The molecule has 1 amide bonds. The average Bonchev–Trinajstić information content (AvgIpc) is 3.48. The van der Waals surface area contributed by atoms with Crippen LogP contribution < -0.4 is 5.46 Å². The molecule has 5 rings (SSSR count). The van der Waals surface area contributed by atoms with Gasteiger partial charge in [-0.2, -0.15) is 0 Å². The molecule has 0 saturated carbocycles. The minimum atomic E-state index is -0.435. The number of carbonyl (C=O) groups excluding carboxylic acids is 1. The Balaban J connectivity index is 1.32. The largest absolute Gasteiger partial charge is 0.494 e. The Kier molecular flexibility index (Phi) is 5.45. The summed E-state index contributed by atoms with van der Waals surface area (Å²) in [6, 6.07) is 15.6. The average molecular weight is 447 g/mol. The predicted octanol–water partition coefficient (Wildman–Crippen LogP) is 4.34. The van der Waals surface area contributed by atoms with Gasteiger partial charge >= 0.3 is 13.2 Å². The van der Waals surface area contributed by atoms with Gasteiger partial charge in [-0.25, -0.2) is 9.78 Å². The number of rotatable bonds is 4. The van der Waals surface area contributed by atoms with Gasteiger partial charge in [-0.05, 0) is 63.7 Å². The van der Waals surface area contributed by atoms with E-state index in [4.69, 9.17) is 19.0 Å². The highest BCUT2D eigenvalue weighted by molar-refractivity contribution is 6.62. The van der Waals surface area contributed by atoms with Crippen LogP contribution in [-0.4, -0.2) is 45.8 Å². The first-order valence-corrected chi connectivity index (χ1v) is 11.6. The summed E-state index contributed by atoms with van der Waals surface area (Å²) in [4.78, 5) is 22.8. The lowest BCUT2D eigenvalue weighted by molar-refractivity contribution is 0.00578. The van der Waals surface area contributed by atoms with Crippen molar-refractivity contribution in [3.8, 4) is 0 Å². The molecule has 1 N–H and O–H groups in total. The monoisotopic (exact) mass is 447 g/mol. The zero-order valence-electron chi connectivity index (χ0n) is 19.6. The number of benzene rings is 2. The molecule has 2 aromatic carbocycles. The Morgan fingerprint density at radius 1 is 1.15 bits per heavy atom. The molecule has 1 atom stereocenters. The maximum Gasteiger partial charge on any atom is 0.494 e. The van der Waals surface area contributed by atoms with Crippen LogP contribution in [0.3, 0.4) is 0 Å². The van der Waals surface area contributed by atoms with Crippen LogP contribution in [0, 0.1) is 0 Å². The number of H-pyrrole nitrogens is 1. The summed E-state index contributed by atoms with van der Waals surface area (Å²) >= 11 is 0. The first-order valence-electron chi connectivity index (χ1n) is 11.6. The summed E-state index contributed by atoms with van der Waals surface area (Å²) in [5.41, 5.74) is 2.88. The van der Waals surface area contributed by atoms with Crippen molar-refractivity contribution >= 4 is 29.7 Å². The number of hydrogen-bond donors (Lipinski definition) is 1. The fourth-order valence-corrected chi connectivity index (χ4v) is 4.40. The Morgan fingerprint density at radius 3 is 2.61 bits per heavy atom. The quantitative estimate of drug-likeness (QED) is 0.603. The van der Waals surface area contributed by atoms with Crippen LogP contribution in [-0.2, 0) is 20.7 Å². The molecule has 1 aromatic heterocycles. The third kappa shape index (κ3) is 4.13. The van der Waals surface area contributed by atoms with Crippen LogP contribution in [0.1, 0.15) is 58.0 Å². The number of likely N-dealkylation sites (tertiary alicyclic amines) is 1. The van der Waals surface area contributed by atoms with Crippen molar-refractivity contribution < 1.29 is 18.8 Å². The fourth-order valence-electron chi connectivity index (χ4n) is 4.40. The Hall–Kier alpha value is -2.84. The first-order chi connectivity index (χ1) is 15.7. The summed E-state index contributed by atoms with van der Waals surface area (Å²) in [6.07, 6.45) is 1.46. The van der Waals surface area contributed by atoms with Gasteiger partial charge in [0, 0.05) is 6.54 Å². The first kappa shape index (κ1) is 22.0. The second-order valence-corrected chi connectivity index (χ2v) is 9.88. The number of nitrogens with zero attached hydrogens (tertiary/aromatic N) is 2. The SMILES string of the molecule is CC1(C)OB(c2ccc3[nH]c(C4CCCN4C(=O)OCc4ccccc4)nc3c2)OC1(C)C. The topological polar surface area (TPSA) is 76.7 Å². The maximum absolute atomic E-state index is 12.8. The Labute approximate surface area is 194 Å². The van der Waals surface area contributed by atoms with Gasteiger partial charge in [-0.15, -0.1) is 0 Å². The van der Waals surface area contributed by atoms with Gasteiger partial charge in [0.1, 0.15) is 12.4 Å². The number of aromatic amines is 1. The summed E-state index contributed by atoms with van der Waals surface area (Å²) in [5.74, 6) is 0.783. The molecule has 0 aliphatic carbocycles. The summed E-state index contributed by atoms with van der Waals surface area (Å²) in [7, 11) is -0.435. The summed E-state index contributed by atoms with van der Waals surface area (Å²) in [6.45, 7) is 9.11. The van der Waals surface area contributed by atoms with Crippen molar-refractivity contribution in [1.29, 1.82) is 0 Å². The molecule has 3 heterocycles. The number of ether oxygens (including phenoxy) is 1. The minimum Gasteiger partial charge on any atom is -0.445 e. The number of carbonyl (C=O) groups is 1. The number of aromatic nitrogens is 2. The van der Waals surface area contributed by atoms with Gasteiger partial charge in [-0.3, -0.25) is 4.90 Å². The lowest BCUT2D eigenvalue weighted by Gasteiger charge is -2.32. The third-order valence-electron chi connectivity index (χ3n) is 7.06. The van der Waals surface area contributed by atoms with Gasteiger partial charge in [0.25, 0.3) is 0 Å². The van der Waals surface area contributed by atoms with Crippen LogP contribution >= 0.6 is 0 Å². The number of imidazole rings is 1. The molecule has 2 saturated heterocycles. The molecule has 0 radical (unpaired) electrons. The molecule has 33 heavy (non-hydrogen) atoms. The summed E-state index contributed by atoms with van der Waals surface area (Å²) in [5, 5.41) is 0. The molecule has 7 nitrogen and oxygen atoms in total. The van der Waals surface area contributed by atoms with Crippen LogP contribution in [0.2, 0.25) is 0 Å². The number of hydrogen-bond acceptors (Lipinski definition) is 5. The molecule has 3 aromatic rings. The molecule has 2 aliphatic heterocycles. The van der Waals surface area contributed by atoms with Crippen LogP contribution in [0.4, 0.5) is 4.79 Å². The number of nitrogens with one attached hydrogen (secondary N) is 1. The normalized spacial score (nSPS) is 21.6. The van der Waals surface area contributed by atoms with Gasteiger partial charge in [-0.1, -0.05) is 36.4 Å². The predicted molar refractivity (Wildman–Crippen MR) is 127 cm³/mol. The fraction of sp³-hybridized carbons (Fsp3) is 0.440. The highest BCUT2D eigenvalue weighted by atomic mass is 16.7. The van der Waals surface area contributed by atoms with E-state index in [1.165, 1.54) is 0 Å². The lowest BCUT2D eigenvalue weighted by Crippen LogP contribution is -2.41. The molecule has 2 fully saturated rings. The molecule has 2 aliphatic rings. The maximum atomic E-state index is 12.8. The van der Waals surface area contributed by atoms with E-state index in [2.05, 4.69) is 4.98 Å². The van der Waals surface area contributed by atoms with Crippen LogP contribution in [0.5, 0.6) is 0 Å². The molecular formula is C25H30BN3O4. The van der Waals surface area contributed by atoms with E-state index in [0.29, 0.717) is 6.54 Å². The van der Waals surface area contributed by atoms with E-state index in [9.17, 15) is 4.79 Å². The van der Waals surface area contributed by atoms with Crippen LogP contribution in [0.15, 0.2) is 48.5 Å². The van der Waals surface area contributed by atoms with Crippen molar-refractivity contribution in [2.24, 2.45) is 0 Å². The zero-order chi connectivity index (χ0) is 23.2. The standard InChI is InChI=1S/C25H30BN3O4/c1-24(2)25(3,4)33-26(32-24)18-12-13-19-20(15-18)28-22(27-19)21-11-8-14-29(21)23(30)31-16-17-9-6-5-7-10-17/h5-7,9-10,12-13,15,21H,8,11,14,16H2,1-4H3,(H,27,28). The van der Waals surface area contributed by atoms with Crippen molar-refractivity contribution in [3.63, 3.8) is 0 Å². The van der Waals surface area contributed by atoms with E-state index < -0.39 is 18.3 Å². The highest BCUT2D eigenvalue weighted by Crippen LogP contribution is 2.37. The molecule has 0 bridgehead atoms. The second kappa shape index (κ2) is 8.19. The molecule has 0 spiro atoms. The van der Waals surface area contributed by atoms with Gasteiger partial charge in [0.2, 0.25) is 0 Å². The van der Waals surface area contributed by atoms with E-state index in [1.54, 1.807) is 4.90 Å². The number of fused-ring (bicyclic) bond motifs is 1.